The number of hydroxylamine groups is 1. The Labute approximate surface area is 186 Å². The number of sulfonamides is 1. The molecule has 0 aliphatic heterocycles. The molecule has 1 aromatic heterocycles. The largest absolute Gasteiger partial charge is 0.380 e. The van der Waals surface area contributed by atoms with Gasteiger partial charge in [-0.2, -0.15) is 5.26 Å². The van der Waals surface area contributed by atoms with Gasteiger partial charge in [0.25, 0.3) is 5.91 Å². The van der Waals surface area contributed by atoms with E-state index in [0.29, 0.717) is 23.4 Å². The topological polar surface area (TPSA) is 133 Å². The molecule has 0 spiro atoms. The molecule has 3 aromatic rings. The SMILES string of the molecule is CS(=O)(=O)Nc1cc(CNc2ccccc2C(=O)NOC(C#N)c2ccccc2)ccn1. The van der Waals surface area contributed by atoms with Gasteiger partial charge in [0, 0.05) is 18.4 Å². The van der Waals surface area contributed by atoms with Crippen LogP contribution in [0.2, 0.25) is 0 Å². The van der Waals surface area contributed by atoms with Crippen LogP contribution in [0.4, 0.5) is 11.5 Å². The second kappa shape index (κ2) is 10.4. The van der Waals surface area contributed by atoms with E-state index in [1.165, 1.54) is 6.20 Å². The number of carbonyl (C=O) groups excluding carboxylic acids is 1. The number of anilines is 2. The lowest BCUT2D eigenvalue weighted by Crippen LogP contribution is -2.26. The minimum absolute atomic E-state index is 0.203. The van der Waals surface area contributed by atoms with E-state index in [9.17, 15) is 18.5 Å². The van der Waals surface area contributed by atoms with Gasteiger partial charge in [0.15, 0.2) is 6.10 Å². The van der Waals surface area contributed by atoms with Crippen LogP contribution in [0.3, 0.4) is 0 Å². The number of aromatic nitrogens is 1. The molecule has 1 unspecified atom stereocenters. The lowest BCUT2D eigenvalue weighted by molar-refractivity contribution is 0.00652. The number of hydrogen-bond acceptors (Lipinski definition) is 7. The summed E-state index contributed by atoms with van der Waals surface area (Å²) in [5, 5.41) is 12.5. The van der Waals surface area contributed by atoms with E-state index < -0.39 is 22.0 Å². The highest BCUT2D eigenvalue weighted by Gasteiger charge is 2.16. The molecule has 0 saturated carbocycles. The first-order valence-corrected chi connectivity index (χ1v) is 11.4. The van der Waals surface area contributed by atoms with E-state index in [2.05, 4.69) is 20.5 Å². The molecule has 0 aliphatic rings. The van der Waals surface area contributed by atoms with Crippen LogP contribution in [0.5, 0.6) is 0 Å². The molecule has 0 fully saturated rings. The third-order valence-corrected chi connectivity index (χ3v) is 4.84. The van der Waals surface area contributed by atoms with Crippen molar-refractivity contribution in [1.82, 2.24) is 10.5 Å². The van der Waals surface area contributed by atoms with Crippen LogP contribution >= 0.6 is 0 Å². The predicted molar refractivity (Wildman–Crippen MR) is 120 cm³/mol. The smallest absolute Gasteiger partial charge is 0.276 e. The lowest BCUT2D eigenvalue weighted by atomic mass is 10.1. The summed E-state index contributed by atoms with van der Waals surface area (Å²) < 4.78 is 25.1. The highest BCUT2D eigenvalue weighted by atomic mass is 32.2. The van der Waals surface area contributed by atoms with Crippen LogP contribution in [0.1, 0.15) is 27.6 Å². The van der Waals surface area contributed by atoms with Crippen LogP contribution in [0, 0.1) is 11.3 Å². The van der Waals surface area contributed by atoms with Crippen molar-refractivity contribution in [3.8, 4) is 6.07 Å². The van der Waals surface area contributed by atoms with Gasteiger partial charge in [-0.25, -0.2) is 23.7 Å². The second-order valence-electron chi connectivity index (χ2n) is 6.79. The highest BCUT2D eigenvalue weighted by Crippen LogP contribution is 2.19. The number of nitrogens with one attached hydrogen (secondary N) is 3. The van der Waals surface area contributed by atoms with Gasteiger partial charge in [0.1, 0.15) is 11.9 Å². The van der Waals surface area contributed by atoms with Crippen molar-refractivity contribution in [2.75, 3.05) is 16.3 Å². The number of rotatable bonds is 9. The maximum absolute atomic E-state index is 12.7. The zero-order valence-corrected chi connectivity index (χ0v) is 18.0. The third-order valence-electron chi connectivity index (χ3n) is 4.26. The Morgan fingerprint density at radius 1 is 1.12 bits per heavy atom. The molecule has 164 valence electrons. The Kier molecular flexibility index (Phi) is 7.38. The minimum Gasteiger partial charge on any atom is -0.380 e. The van der Waals surface area contributed by atoms with Crippen LogP contribution < -0.4 is 15.5 Å². The van der Waals surface area contributed by atoms with Crippen molar-refractivity contribution >= 4 is 27.4 Å². The molecule has 2 aromatic carbocycles. The van der Waals surface area contributed by atoms with E-state index in [-0.39, 0.29) is 5.82 Å². The molecule has 32 heavy (non-hydrogen) atoms. The monoisotopic (exact) mass is 451 g/mol. The van der Waals surface area contributed by atoms with E-state index in [1.54, 1.807) is 60.7 Å². The molecule has 9 nitrogen and oxygen atoms in total. The first-order chi connectivity index (χ1) is 15.4. The fourth-order valence-corrected chi connectivity index (χ4v) is 3.32. The van der Waals surface area contributed by atoms with Crippen LogP contribution in [0.25, 0.3) is 0 Å². The van der Waals surface area contributed by atoms with Gasteiger partial charge in [0.05, 0.1) is 11.8 Å². The zero-order valence-electron chi connectivity index (χ0n) is 17.1. The standard InChI is InChI=1S/C22H21N5O4S/c1-32(29,30)27-21-13-16(11-12-24-21)15-25-19-10-6-5-9-18(19)22(28)26-31-20(14-23)17-7-3-2-4-8-17/h2-13,20,25H,15H2,1H3,(H,24,27)(H,26,28). The Hall–Kier alpha value is -3.94. The number of benzene rings is 2. The minimum atomic E-state index is -3.44. The summed E-state index contributed by atoms with van der Waals surface area (Å²) >= 11 is 0. The van der Waals surface area contributed by atoms with E-state index in [4.69, 9.17) is 4.84 Å². The third kappa shape index (κ3) is 6.53. The molecule has 1 amide bonds. The quantitative estimate of drug-likeness (QED) is 0.426. The fraction of sp³-hybridized carbons (Fsp3) is 0.136. The normalized spacial score (nSPS) is 11.8. The van der Waals surface area contributed by atoms with E-state index in [0.717, 1.165) is 11.8 Å². The average molecular weight is 452 g/mol. The lowest BCUT2D eigenvalue weighted by Gasteiger charge is -2.14. The van der Waals surface area contributed by atoms with E-state index >= 15 is 0 Å². The maximum atomic E-state index is 12.7. The van der Waals surface area contributed by atoms with Gasteiger partial charge < -0.3 is 5.32 Å². The summed E-state index contributed by atoms with van der Waals surface area (Å²) in [6, 6.07) is 21.0. The zero-order chi connectivity index (χ0) is 23.0. The Morgan fingerprint density at radius 2 is 1.84 bits per heavy atom. The van der Waals surface area contributed by atoms with Crippen molar-refractivity contribution < 1.29 is 18.0 Å². The number of amides is 1. The van der Waals surface area contributed by atoms with Crippen molar-refractivity contribution in [1.29, 1.82) is 5.26 Å². The number of carbonyl (C=O) groups is 1. The van der Waals surface area contributed by atoms with Crippen LogP contribution in [-0.4, -0.2) is 25.6 Å². The number of nitrogens with zero attached hydrogens (tertiary/aromatic N) is 2. The molecule has 1 heterocycles. The number of hydrogen-bond donors (Lipinski definition) is 3. The van der Waals surface area contributed by atoms with Crippen molar-refractivity contribution in [3.63, 3.8) is 0 Å². The van der Waals surface area contributed by atoms with Gasteiger partial charge in [-0.1, -0.05) is 42.5 Å². The number of pyridine rings is 1. The van der Waals surface area contributed by atoms with Crippen molar-refractivity contribution in [2.45, 2.75) is 12.6 Å². The van der Waals surface area contributed by atoms with E-state index in [1.807, 2.05) is 12.1 Å². The number of para-hydroxylation sites is 1. The summed E-state index contributed by atoms with van der Waals surface area (Å²) in [5.74, 6) is -0.312. The summed E-state index contributed by atoms with van der Waals surface area (Å²) in [4.78, 5) is 22.0. The molecule has 3 N–H and O–H groups in total. The molecular formula is C22H21N5O4S. The second-order valence-corrected chi connectivity index (χ2v) is 8.54. The first-order valence-electron chi connectivity index (χ1n) is 9.52. The van der Waals surface area contributed by atoms with Gasteiger partial charge in [-0.15, -0.1) is 0 Å². The Balaban J connectivity index is 1.66. The molecule has 10 heteroatoms. The Morgan fingerprint density at radius 3 is 2.56 bits per heavy atom. The molecule has 0 saturated heterocycles. The maximum Gasteiger partial charge on any atom is 0.276 e. The van der Waals surface area contributed by atoms with Crippen LogP contribution in [-0.2, 0) is 21.4 Å². The summed E-state index contributed by atoms with van der Waals surface area (Å²) in [6.45, 7) is 0.316. The van der Waals surface area contributed by atoms with Crippen LogP contribution in [0.15, 0.2) is 72.9 Å². The molecule has 0 radical (unpaired) electrons. The summed E-state index contributed by atoms with van der Waals surface area (Å²) in [6.07, 6.45) is 1.59. The molecule has 0 aliphatic carbocycles. The van der Waals surface area contributed by atoms with Gasteiger partial charge >= 0.3 is 0 Å². The molecule has 0 bridgehead atoms. The molecule has 1 atom stereocenters. The first kappa shape index (κ1) is 22.7. The predicted octanol–water partition coefficient (Wildman–Crippen LogP) is 2.99. The van der Waals surface area contributed by atoms with Gasteiger partial charge in [-0.05, 0) is 35.4 Å². The van der Waals surface area contributed by atoms with Crippen molar-refractivity contribution in [2.24, 2.45) is 0 Å². The highest BCUT2D eigenvalue weighted by molar-refractivity contribution is 7.92. The molecule has 3 rings (SSSR count). The Bertz CT molecular complexity index is 1230. The van der Waals surface area contributed by atoms with Gasteiger partial charge in [0.2, 0.25) is 10.0 Å². The summed E-state index contributed by atoms with van der Waals surface area (Å²) in [7, 11) is -3.44. The molecular weight excluding hydrogens is 430 g/mol. The fourth-order valence-electron chi connectivity index (χ4n) is 2.83. The average Bonchev–Trinajstić information content (AvgIpc) is 2.78. The number of nitriles is 1. The van der Waals surface area contributed by atoms with Gasteiger partial charge in [-0.3, -0.25) is 9.52 Å². The van der Waals surface area contributed by atoms with Crippen molar-refractivity contribution in [3.05, 3.63) is 89.6 Å². The summed E-state index contributed by atoms with van der Waals surface area (Å²) in [5.41, 5.74) is 4.57.